The Morgan fingerprint density at radius 1 is 1.00 bits per heavy atom. The lowest BCUT2D eigenvalue weighted by atomic mass is 10.3. The summed E-state index contributed by atoms with van der Waals surface area (Å²) in [6.07, 6.45) is 1.06. The van der Waals surface area contributed by atoms with Crippen LogP contribution in [0.15, 0.2) is 11.8 Å². The topological polar surface area (TPSA) is 40.1 Å². The van der Waals surface area contributed by atoms with E-state index in [0.29, 0.717) is 0 Å². The zero-order valence-corrected chi connectivity index (χ0v) is 11.7. The Morgan fingerprint density at radius 2 is 1.31 bits per heavy atom. The summed E-state index contributed by atoms with van der Waals surface area (Å²) in [5, 5.41) is 9.98. The highest BCUT2D eigenvalue weighted by atomic mass is 16.3. The summed E-state index contributed by atoms with van der Waals surface area (Å²) < 4.78 is 1.28. The Labute approximate surface area is 100 Å². The van der Waals surface area contributed by atoms with E-state index in [1.807, 2.05) is 0 Å². The number of allylic oxidation sites excluding steroid dienone is 2. The van der Waals surface area contributed by atoms with Gasteiger partial charge in [-0.3, -0.25) is 4.79 Å². The van der Waals surface area contributed by atoms with Crippen LogP contribution in [0.25, 0.3) is 0 Å². The fourth-order valence-electron chi connectivity index (χ4n) is 1.63. The van der Waals surface area contributed by atoms with Gasteiger partial charge in [-0.2, -0.15) is 0 Å². The summed E-state index contributed by atoms with van der Waals surface area (Å²) in [6.45, 7) is 16.9. The van der Waals surface area contributed by atoms with Crippen LogP contribution in [-0.2, 0) is 4.79 Å². The summed E-state index contributed by atoms with van der Waals surface area (Å²) >= 11 is 0. The summed E-state index contributed by atoms with van der Waals surface area (Å²) in [7, 11) is 0. The Bertz CT molecular complexity index is 196. The van der Waals surface area contributed by atoms with E-state index in [2.05, 4.69) is 27.7 Å². The number of ketones is 1. The molecule has 0 aromatic carbocycles. The van der Waals surface area contributed by atoms with Gasteiger partial charge in [-0.05, 0) is 40.7 Å². The van der Waals surface area contributed by atoms with E-state index >= 15 is 0 Å². The largest absolute Gasteiger partial charge is 0.876 e. The maximum atomic E-state index is 9.98. The Morgan fingerprint density at radius 3 is 1.31 bits per heavy atom. The second kappa shape index (κ2) is 9.40. The molecule has 0 radical (unpaired) electrons. The number of carbonyl (C=O) groups excluding carboxylic acids is 1. The van der Waals surface area contributed by atoms with Gasteiger partial charge in [0.25, 0.3) is 0 Å². The molecule has 16 heavy (non-hydrogen) atoms. The van der Waals surface area contributed by atoms with Gasteiger partial charge in [0.05, 0.1) is 26.2 Å². The van der Waals surface area contributed by atoms with E-state index in [0.717, 1.165) is 6.08 Å². The van der Waals surface area contributed by atoms with Gasteiger partial charge in [0.2, 0.25) is 0 Å². The van der Waals surface area contributed by atoms with Crippen LogP contribution in [0, 0.1) is 0 Å². The second-order valence-electron chi connectivity index (χ2n) is 3.97. The molecule has 0 fully saturated rings. The van der Waals surface area contributed by atoms with E-state index in [-0.39, 0.29) is 11.5 Å². The number of hydrogen-bond acceptors (Lipinski definition) is 2. The smallest absolute Gasteiger partial charge is 0.151 e. The van der Waals surface area contributed by atoms with Crippen molar-refractivity contribution in [1.29, 1.82) is 0 Å². The lowest BCUT2D eigenvalue weighted by Gasteiger charge is -2.34. The molecule has 0 heterocycles. The zero-order valence-electron chi connectivity index (χ0n) is 11.7. The van der Waals surface area contributed by atoms with Crippen LogP contribution in [0.2, 0.25) is 0 Å². The third kappa shape index (κ3) is 8.48. The molecule has 0 aliphatic carbocycles. The molecular weight excluding hydrogens is 202 g/mol. The van der Waals surface area contributed by atoms with Crippen LogP contribution in [0.3, 0.4) is 0 Å². The molecule has 0 saturated heterocycles. The van der Waals surface area contributed by atoms with E-state index in [9.17, 15) is 9.90 Å². The van der Waals surface area contributed by atoms with Crippen molar-refractivity contribution in [2.24, 2.45) is 0 Å². The van der Waals surface area contributed by atoms with Gasteiger partial charge in [0.1, 0.15) is 0 Å². The summed E-state index contributed by atoms with van der Waals surface area (Å²) in [5.41, 5.74) is 0. The van der Waals surface area contributed by atoms with E-state index in [1.54, 1.807) is 0 Å². The molecule has 0 spiro atoms. The molecule has 0 N–H and O–H groups in total. The van der Waals surface area contributed by atoms with Gasteiger partial charge in [0, 0.05) is 0 Å². The standard InChI is InChI=1S/C8H20N.C5H8O2/c1-5-9(6-2,7-3)8-4;1-4(6)3-5(2)7/h5-8H2,1-4H3;3,6H,1-2H3/q+1;/p-1/b;4-3-. The van der Waals surface area contributed by atoms with Crippen molar-refractivity contribution < 1.29 is 14.4 Å². The fraction of sp³-hybridized carbons (Fsp3) is 0.769. The number of carbonyl (C=O) groups is 1. The van der Waals surface area contributed by atoms with Crippen LogP contribution < -0.4 is 5.11 Å². The van der Waals surface area contributed by atoms with Gasteiger partial charge in [-0.15, -0.1) is 5.76 Å². The first-order chi connectivity index (χ1) is 7.37. The maximum absolute atomic E-state index is 9.98. The molecule has 0 unspecified atom stereocenters. The molecule has 0 aliphatic rings. The fourth-order valence-corrected chi connectivity index (χ4v) is 1.63. The lowest BCUT2D eigenvalue weighted by molar-refractivity contribution is -0.921. The predicted octanol–water partition coefficient (Wildman–Crippen LogP) is 1.72. The average molecular weight is 229 g/mol. The molecule has 0 amide bonds. The lowest BCUT2D eigenvalue weighted by Crippen LogP contribution is -2.47. The molecule has 0 bridgehead atoms. The summed E-state index contributed by atoms with van der Waals surface area (Å²) in [6, 6.07) is 0. The first-order valence-electron chi connectivity index (χ1n) is 6.08. The molecular formula is C13H27NO2. The predicted molar refractivity (Wildman–Crippen MR) is 66.9 cm³/mol. The third-order valence-electron chi connectivity index (χ3n) is 3.09. The van der Waals surface area contributed by atoms with Crippen molar-refractivity contribution in [3.05, 3.63) is 11.8 Å². The quantitative estimate of drug-likeness (QED) is 0.409. The highest BCUT2D eigenvalue weighted by Gasteiger charge is 2.16. The van der Waals surface area contributed by atoms with E-state index in [1.165, 1.54) is 44.5 Å². The Balaban J connectivity index is 0. The minimum absolute atomic E-state index is 0.187. The van der Waals surface area contributed by atoms with Crippen molar-refractivity contribution in [2.45, 2.75) is 41.5 Å². The number of quaternary nitrogens is 1. The molecule has 0 rings (SSSR count). The van der Waals surface area contributed by atoms with Crippen molar-refractivity contribution in [1.82, 2.24) is 0 Å². The monoisotopic (exact) mass is 229 g/mol. The second-order valence-corrected chi connectivity index (χ2v) is 3.97. The van der Waals surface area contributed by atoms with Gasteiger partial charge in [-0.1, -0.05) is 6.92 Å². The van der Waals surface area contributed by atoms with E-state index < -0.39 is 0 Å². The molecule has 3 heteroatoms. The minimum Gasteiger partial charge on any atom is -0.876 e. The first-order valence-corrected chi connectivity index (χ1v) is 6.08. The minimum atomic E-state index is -0.187. The zero-order chi connectivity index (χ0) is 13.2. The van der Waals surface area contributed by atoms with Crippen LogP contribution in [-0.4, -0.2) is 36.4 Å². The van der Waals surface area contributed by atoms with Crippen LogP contribution in [0.1, 0.15) is 41.5 Å². The summed E-state index contributed by atoms with van der Waals surface area (Å²) in [4.78, 5) is 9.98. The van der Waals surface area contributed by atoms with E-state index in [4.69, 9.17) is 0 Å². The number of hydrogen-bond donors (Lipinski definition) is 0. The van der Waals surface area contributed by atoms with Crippen LogP contribution >= 0.6 is 0 Å². The van der Waals surface area contributed by atoms with Gasteiger partial charge in [-0.25, -0.2) is 0 Å². The van der Waals surface area contributed by atoms with Crippen LogP contribution in [0.5, 0.6) is 0 Å². The first kappa shape index (κ1) is 17.6. The Kier molecular flexibility index (Phi) is 10.3. The average Bonchev–Trinajstić information content (AvgIpc) is 2.21. The Hall–Kier alpha value is -0.830. The molecule has 0 aromatic heterocycles. The van der Waals surface area contributed by atoms with Crippen molar-refractivity contribution in [3.63, 3.8) is 0 Å². The van der Waals surface area contributed by atoms with Gasteiger partial charge >= 0.3 is 0 Å². The van der Waals surface area contributed by atoms with Crippen molar-refractivity contribution in [3.8, 4) is 0 Å². The molecule has 0 atom stereocenters. The maximum Gasteiger partial charge on any atom is 0.151 e. The number of nitrogens with zero attached hydrogens (tertiary/aromatic N) is 1. The highest BCUT2D eigenvalue weighted by Crippen LogP contribution is 2.03. The van der Waals surface area contributed by atoms with Crippen LogP contribution in [0.4, 0.5) is 0 Å². The van der Waals surface area contributed by atoms with Crippen molar-refractivity contribution in [2.75, 3.05) is 26.2 Å². The SMILES string of the molecule is CC(=O)/C=C(/C)[O-].CC[N+](CC)(CC)CC. The molecule has 0 aromatic rings. The number of rotatable bonds is 5. The molecule has 0 saturated carbocycles. The molecule has 96 valence electrons. The highest BCUT2D eigenvalue weighted by molar-refractivity contribution is 5.87. The normalized spacial score (nSPS) is 11.8. The molecule has 3 nitrogen and oxygen atoms in total. The van der Waals surface area contributed by atoms with Gasteiger partial charge in [0.15, 0.2) is 5.78 Å². The van der Waals surface area contributed by atoms with Crippen molar-refractivity contribution >= 4 is 5.78 Å². The third-order valence-corrected chi connectivity index (χ3v) is 3.09. The van der Waals surface area contributed by atoms with Gasteiger partial charge < -0.3 is 9.59 Å². The summed E-state index contributed by atoms with van der Waals surface area (Å²) in [5.74, 6) is -0.375. The molecule has 0 aliphatic heterocycles.